The highest BCUT2D eigenvalue weighted by molar-refractivity contribution is 5.82. The summed E-state index contributed by atoms with van der Waals surface area (Å²) in [6.45, 7) is 7.70. The molecule has 19 heavy (non-hydrogen) atoms. The van der Waals surface area contributed by atoms with E-state index in [1.807, 2.05) is 19.1 Å². The number of aryl methyl sites for hydroxylation is 1. The second kappa shape index (κ2) is 7.31. The zero-order chi connectivity index (χ0) is 13.5. The Hall–Kier alpha value is -1.32. The van der Waals surface area contributed by atoms with E-state index < -0.39 is 0 Å². The van der Waals surface area contributed by atoms with Crippen LogP contribution in [-0.4, -0.2) is 19.8 Å². The molecule has 2 aromatic rings. The van der Waals surface area contributed by atoms with E-state index in [2.05, 4.69) is 24.4 Å². The first-order chi connectivity index (χ1) is 9.33. The Balaban J connectivity index is 1.80. The molecule has 0 bridgehead atoms. The third-order valence-electron chi connectivity index (χ3n) is 3.19. The zero-order valence-electron chi connectivity index (χ0n) is 11.9. The Morgan fingerprint density at radius 1 is 1.21 bits per heavy atom. The topological polar surface area (TPSA) is 34.4 Å². The molecule has 0 amide bonds. The normalized spacial score (nSPS) is 11.3. The molecule has 3 heteroatoms. The minimum Gasteiger partial charge on any atom is -0.461 e. The third-order valence-corrected chi connectivity index (χ3v) is 3.19. The summed E-state index contributed by atoms with van der Waals surface area (Å²) in [5.74, 6) is 1.01. The minimum atomic E-state index is 0.839. The molecule has 1 N–H and O–H groups in total. The Morgan fingerprint density at radius 3 is 2.89 bits per heavy atom. The van der Waals surface area contributed by atoms with E-state index in [-0.39, 0.29) is 0 Å². The molecular weight excluding hydrogens is 238 g/mol. The Morgan fingerprint density at radius 2 is 2.05 bits per heavy atom. The number of hydrogen-bond donors (Lipinski definition) is 1. The van der Waals surface area contributed by atoms with Crippen molar-refractivity contribution in [2.45, 2.75) is 33.2 Å². The number of fused-ring (bicyclic) bond motifs is 1. The molecule has 0 aliphatic rings. The number of furan rings is 1. The lowest BCUT2D eigenvalue weighted by atomic mass is 10.1. The van der Waals surface area contributed by atoms with Crippen molar-refractivity contribution in [2.24, 2.45) is 0 Å². The van der Waals surface area contributed by atoms with Gasteiger partial charge in [0.15, 0.2) is 0 Å². The van der Waals surface area contributed by atoms with Gasteiger partial charge in [0.1, 0.15) is 11.3 Å². The van der Waals surface area contributed by atoms with Gasteiger partial charge in [0.2, 0.25) is 0 Å². The molecule has 0 aliphatic carbocycles. The molecule has 0 saturated carbocycles. The Labute approximate surface area is 114 Å². The summed E-state index contributed by atoms with van der Waals surface area (Å²) in [5, 5.41) is 4.68. The number of rotatable bonds is 8. The maximum atomic E-state index is 5.74. The molecule has 1 aromatic carbocycles. The predicted molar refractivity (Wildman–Crippen MR) is 78.4 cm³/mol. The largest absolute Gasteiger partial charge is 0.461 e. The number of nitrogens with one attached hydrogen (secondary N) is 1. The summed E-state index contributed by atoms with van der Waals surface area (Å²) in [7, 11) is 0. The molecule has 0 saturated heterocycles. The number of para-hydroxylation sites is 1. The fourth-order valence-electron chi connectivity index (χ4n) is 2.20. The average molecular weight is 261 g/mol. The quantitative estimate of drug-likeness (QED) is 0.737. The van der Waals surface area contributed by atoms with Gasteiger partial charge in [0, 0.05) is 30.7 Å². The van der Waals surface area contributed by atoms with E-state index in [0.717, 1.165) is 50.5 Å². The van der Waals surface area contributed by atoms with Crippen molar-refractivity contribution in [1.82, 2.24) is 5.32 Å². The van der Waals surface area contributed by atoms with Crippen molar-refractivity contribution in [3.05, 3.63) is 35.6 Å². The molecule has 2 rings (SSSR count). The van der Waals surface area contributed by atoms with E-state index in [0.29, 0.717) is 0 Å². The Kier molecular flexibility index (Phi) is 5.43. The van der Waals surface area contributed by atoms with Crippen molar-refractivity contribution in [2.75, 3.05) is 19.8 Å². The van der Waals surface area contributed by atoms with Gasteiger partial charge in [0.05, 0.1) is 0 Å². The van der Waals surface area contributed by atoms with Crippen molar-refractivity contribution in [3.8, 4) is 0 Å². The van der Waals surface area contributed by atoms with Gasteiger partial charge in [-0.15, -0.1) is 0 Å². The summed E-state index contributed by atoms with van der Waals surface area (Å²) in [6, 6.07) is 8.20. The van der Waals surface area contributed by atoms with Crippen LogP contribution in [-0.2, 0) is 11.3 Å². The SMILES string of the molecule is CCCOCCCNCc1c(C)oc2ccccc12. The highest BCUT2D eigenvalue weighted by atomic mass is 16.5. The predicted octanol–water partition coefficient (Wildman–Crippen LogP) is 3.65. The lowest BCUT2D eigenvalue weighted by Crippen LogP contribution is -2.16. The van der Waals surface area contributed by atoms with Crippen molar-refractivity contribution < 1.29 is 9.15 Å². The van der Waals surface area contributed by atoms with Crippen LogP contribution in [0.2, 0.25) is 0 Å². The number of ether oxygens (including phenoxy) is 1. The van der Waals surface area contributed by atoms with Crippen LogP contribution in [0.4, 0.5) is 0 Å². The first kappa shape index (κ1) is 14.1. The van der Waals surface area contributed by atoms with Crippen LogP contribution in [0.1, 0.15) is 31.1 Å². The molecule has 0 aliphatic heterocycles. The van der Waals surface area contributed by atoms with Crippen LogP contribution < -0.4 is 5.32 Å². The third kappa shape index (κ3) is 3.82. The molecule has 0 spiro atoms. The minimum absolute atomic E-state index is 0.839. The Bertz CT molecular complexity index is 504. The van der Waals surface area contributed by atoms with Gasteiger partial charge in [-0.1, -0.05) is 25.1 Å². The lowest BCUT2D eigenvalue weighted by Gasteiger charge is -2.05. The maximum Gasteiger partial charge on any atom is 0.134 e. The van der Waals surface area contributed by atoms with Crippen LogP contribution in [0.5, 0.6) is 0 Å². The first-order valence-corrected chi connectivity index (χ1v) is 7.08. The van der Waals surface area contributed by atoms with E-state index in [4.69, 9.17) is 9.15 Å². The second-order valence-corrected chi connectivity index (χ2v) is 4.78. The summed E-state index contributed by atoms with van der Waals surface area (Å²) in [4.78, 5) is 0. The molecule has 1 heterocycles. The number of benzene rings is 1. The smallest absolute Gasteiger partial charge is 0.134 e. The molecular formula is C16H23NO2. The van der Waals surface area contributed by atoms with E-state index in [1.165, 1.54) is 10.9 Å². The van der Waals surface area contributed by atoms with Crippen molar-refractivity contribution in [3.63, 3.8) is 0 Å². The van der Waals surface area contributed by atoms with E-state index in [9.17, 15) is 0 Å². The fourth-order valence-corrected chi connectivity index (χ4v) is 2.20. The van der Waals surface area contributed by atoms with Crippen LogP contribution in [0.15, 0.2) is 28.7 Å². The van der Waals surface area contributed by atoms with Gasteiger partial charge in [0.25, 0.3) is 0 Å². The highest BCUT2D eigenvalue weighted by Crippen LogP contribution is 2.24. The molecule has 0 unspecified atom stereocenters. The average Bonchev–Trinajstić information content (AvgIpc) is 2.74. The molecule has 1 aromatic heterocycles. The zero-order valence-corrected chi connectivity index (χ0v) is 11.9. The van der Waals surface area contributed by atoms with E-state index in [1.54, 1.807) is 0 Å². The highest BCUT2D eigenvalue weighted by Gasteiger charge is 2.09. The van der Waals surface area contributed by atoms with Gasteiger partial charge >= 0.3 is 0 Å². The summed E-state index contributed by atoms with van der Waals surface area (Å²) >= 11 is 0. The fraction of sp³-hybridized carbons (Fsp3) is 0.500. The van der Waals surface area contributed by atoms with Crippen LogP contribution in [0.25, 0.3) is 11.0 Å². The number of hydrogen-bond acceptors (Lipinski definition) is 3. The second-order valence-electron chi connectivity index (χ2n) is 4.78. The molecule has 0 radical (unpaired) electrons. The molecule has 3 nitrogen and oxygen atoms in total. The van der Waals surface area contributed by atoms with Crippen LogP contribution >= 0.6 is 0 Å². The standard InChI is InChI=1S/C16H23NO2/c1-3-10-18-11-6-9-17-12-15-13(2)19-16-8-5-4-7-14(15)16/h4-5,7-8,17H,3,6,9-12H2,1-2H3. The van der Waals surface area contributed by atoms with Gasteiger partial charge < -0.3 is 14.5 Å². The van der Waals surface area contributed by atoms with Gasteiger partial charge in [-0.2, -0.15) is 0 Å². The summed E-state index contributed by atoms with van der Waals surface area (Å²) in [5.41, 5.74) is 2.24. The van der Waals surface area contributed by atoms with E-state index >= 15 is 0 Å². The van der Waals surface area contributed by atoms with Crippen LogP contribution in [0, 0.1) is 6.92 Å². The van der Waals surface area contributed by atoms with Gasteiger partial charge in [-0.05, 0) is 32.4 Å². The van der Waals surface area contributed by atoms with Gasteiger partial charge in [-0.25, -0.2) is 0 Å². The summed E-state index contributed by atoms with van der Waals surface area (Å²) < 4.78 is 11.2. The monoisotopic (exact) mass is 261 g/mol. The first-order valence-electron chi connectivity index (χ1n) is 7.08. The van der Waals surface area contributed by atoms with Crippen molar-refractivity contribution in [1.29, 1.82) is 0 Å². The van der Waals surface area contributed by atoms with Crippen LogP contribution in [0.3, 0.4) is 0 Å². The lowest BCUT2D eigenvalue weighted by molar-refractivity contribution is 0.132. The molecule has 0 atom stereocenters. The summed E-state index contributed by atoms with van der Waals surface area (Å²) in [6.07, 6.45) is 2.14. The molecule has 104 valence electrons. The van der Waals surface area contributed by atoms with Gasteiger partial charge in [-0.3, -0.25) is 0 Å². The van der Waals surface area contributed by atoms with Crippen molar-refractivity contribution >= 4 is 11.0 Å². The maximum absolute atomic E-state index is 5.74. The molecule has 0 fully saturated rings.